The molecule has 306 valence electrons. The average molecular weight is 741 g/mol. The number of aliphatic hydroxyl groups excluding tert-OH is 1. The molecule has 1 atom stereocenters. The summed E-state index contributed by atoms with van der Waals surface area (Å²) in [6.45, 7) is 4.02. The minimum absolute atomic E-state index is 0.0735. The van der Waals surface area contributed by atoms with E-state index in [4.69, 9.17) is 9.47 Å². The fourth-order valence-corrected chi connectivity index (χ4v) is 6.23. The van der Waals surface area contributed by atoms with E-state index in [0.717, 1.165) is 89.9 Å². The lowest BCUT2D eigenvalue weighted by Crippen LogP contribution is -2.28. The highest BCUT2D eigenvalue weighted by Crippen LogP contribution is 2.15. The van der Waals surface area contributed by atoms with Crippen LogP contribution in [0.5, 0.6) is 0 Å². The Balaban J connectivity index is 3.58. The molecular weight excluding hydrogens is 657 g/mol. The molecule has 0 amide bonds. The van der Waals surface area contributed by atoms with Crippen LogP contribution in [-0.4, -0.2) is 36.4 Å². The van der Waals surface area contributed by atoms with Crippen molar-refractivity contribution in [3.63, 3.8) is 0 Å². The summed E-state index contributed by atoms with van der Waals surface area (Å²) in [7, 11) is 0. The zero-order valence-electron chi connectivity index (χ0n) is 34.8. The van der Waals surface area contributed by atoms with Crippen molar-refractivity contribution in [1.82, 2.24) is 0 Å². The summed E-state index contributed by atoms with van der Waals surface area (Å²) in [6.07, 6.45) is 57.2. The molecule has 0 aromatic heterocycles. The van der Waals surface area contributed by atoms with E-state index in [1.165, 1.54) is 96.3 Å². The van der Waals surface area contributed by atoms with E-state index in [2.05, 4.69) is 74.6 Å². The molecule has 0 saturated heterocycles. The van der Waals surface area contributed by atoms with Gasteiger partial charge in [-0.25, -0.2) is 0 Å². The fraction of sp³-hybridized carbons (Fsp3) is 0.750. The molecule has 0 aromatic rings. The van der Waals surface area contributed by atoms with Crippen LogP contribution >= 0.6 is 0 Å². The van der Waals surface area contributed by atoms with Crippen LogP contribution < -0.4 is 0 Å². The Hall–Kier alpha value is -2.40. The van der Waals surface area contributed by atoms with Gasteiger partial charge in [0.05, 0.1) is 6.61 Å². The van der Waals surface area contributed by atoms with E-state index >= 15 is 0 Å². The molecule has 5 heteroatoms. The summed E-state index contributed by atoms with van der Waals surface area (Å²) in [6, 6.07) is 0. The Kier molecular flexibility index (Phi) is 42.0. The van der Waals surface area contributed by atoms with Crippen molar-refractivity contribution in [2.24, 2.45) is 0 Å². The summed E-state index contributed by atoms with van der Waals surface area (Å²) in [5.74, 6) is -0.608. The number of unbranched alkanes of at least 4 members (excludes halogenated alkanes) is 22. The van der Waals surface area contributed by atoms with Crippen molar-refractivity contribution in [3.8, 4) is 0 Å². The number of esters is 2. The Morgan fingerprint density at radius 2 is 0.811 bits per heavy atom. The van der Waals surface area contributed by atoms with Crippen LogP contribution in [0.15, 0.2) is 60.8 Å². The third kappa shape index (κ3) is 42.2. The minimum atomic E-state index is -0.782. The number of rotatable bonds is 40. The molecule has 0 heterocycles. The van der Waals surface area contributed by atoms with E-state index in [0.29, 0.717) is 12.8 Å². The molecule has 0 aliphatic heterocycles. The monoisotopic (exact) mass is 741 g/mol. The smallest absolute Gasteiger partial charge is 0.306 e. The molecular formula is C48H84O5. The first-order valence-corrected chi connectivity index (χ1v) is 22.3. The van der Waals surface area contributed by atoms with Crippen molar-refractivity contribution in [2.45, 2.75) is 219 Å². The molecule has 0 aliphatic carbocycles. The van der Waals surface area contributed by atoms with Crippen LogP contribution in [-0.2, 0) is 19.1 Å². The Morgan fingerprint density at radius 3 is 1.23 bits per heavy atom. The van der Waals surface area contributed by atoms with Gasteiger partial charge in [0.25, 0.3) is 0 Å². The first-order valence-electron chi connectivity index (χ1n) is 22.3. The molecule has 0 fully saturated rings. The second-order valence-corrected chi connectivity index (χ2v) is 14.8. The molecule has 0 aliphatic rings. The van der Waals surface area contributed by atoms with Gasteiger partial charge >= 0.3 is 11.9 Å². The van der Waals surface area contributed by atoms with E-state index in [1.807, 2.05) is 0 Å². The van der Waals surface area contributed by atoms with Gasteiger partial charge in [-0.15, -0.1) is 0 Å². The van der Waals surface area contributed by atoms with Crippen LogP contribution in [0.3, 0.4) is 0 Å². The van der Waals surface area contributed by atoms with Gasteiger partial charge in [-0.2, -0.15) is 0 Å². The Morgan fingerprint density at radius 1 is 0.453 bits per heavy atom. The second-order valence-electron chi connectivity index (χ2n) is 14.8. The van der Waals surface area contributed by atoms with Crippen LogP contribution in [0.4, 0.5) is 0 Å². The predicted molar refractivity (Wildman–Crippen MR) is 228 cm³/mol. The summed E-state index contributed by atoms with van der Waals surface area (Å²) in [5, 5.41) is 9.59. The van der Waals surface area contributed by atoms with Crippen LogP contribution in [0.1, 0.15) is 213 Å². The van der Waals surface area contributed by atoms with E-state index in [1.54, 1.807) is 0 Å². The third-order valence-electron chi connectivity index (χ3n) is 9.58. The highest BCUT2D eigenvalue weighted by atomic mass is 16.6. The maximum atomic E-state index is 12.2. The normalized spacial score (nSPS) is 12.7. The first kappa shape index (κ1) is 50.6. The maximum Gasteiger partial charge on any atom is 0.306 e. The van der Waals surface area contributed by atoms with Gasteiger partial charge in [-0.3, -0.25) is 9.59 Å². The van der Waals surface area contributed by atoms with Gasteiger partial charge in [-0.05, 0) is 57.8 Å². The summed E-state index contributed by atoms with van der Waals surface area (Å²) in [4.78, 5) is 24.4. The lowest BCUT2D eigenvalue weighted by Gasteiger charge is -2.15. The molecule has 0 aromatic carbocycles. The number of hydrogen-bond acceptors (Lipinski definition) is 5. The Bertz CT molecular complexity index is 930. The van der Waals surface area contributed by atoms with Crippen molar-refractivity contribution < 1.29 is 24.2 Å². The summed E-state index contributed by atoms with van der Waals surface area (Å²) < 4.78 is 10.6. The molecule has 5 nitrogen and oxygen atoms in total. The van der Waals surface area contributed by atoms with Gasteiger partial charge in [0.1, 0.15) is 6.61 Å². The van der Waals surface area contributed by atoms with Crippen LogP contribution in [0.2, 0.25) is 0 Å². The van der Waals surface area contributed by atoms with Crippen molar-refractivity contribution in [3.05, 3.63) is 60.8 Å². The van der Waals surface area contributed by atoms with E-state index in [-0.39, 0.29) is 25.2 Å². The van der Waals surface area contributed by atoms with Crippen LogP contribution in [0.25, 0.3) is 0 Å². The van der Waals surface area contributed by atoms with E-state index < -0.39 is 6.10 Å². The molecule has 0 rings (SSSR count). The molecule has 53 heavy (non-hydrogen) atoms. The molecule has 1 unspecified atom stereocenters. The van der Waals surface area contributed by atoms with Gasteiger partial charge in [0.2, 0.25) is 0 Å². The quantitative estimate of drug-likeness (QED) is 0.0385. The number of carbonyl (C=O) groups is 2. The number of ether oxygens (including phenoxy) is 2. The summed E-state index contributed by atoms with van der Waals surface area (Å²) >= 11 is 0. The SMILES string of the molecule is CC/C=C\C/C=C\C/C=C\C/C=C\C/C=C\CCCCCCCC(=O)OC(CO)COC(=O)CCCCCCCCCCCCCCCCCCCC. The highest BCUT2D eigenvalue weighted by molar-refractivity contribution is 5.70. The number of allylic oxidation sites excluding steroid dienone is 10. The summed E-state index contributed by atoms with van der Waals surface area (Å²) in [5.41, 5.74) is 0. The van der Waals surface area contributed by atoms with Gasteiger partial charge in [0, 0.05) is 12.8 Å². The van der Waals surface area contributed by atoms with Crippen LogP contribution in [0, 0.1) is 0 Å². The van der Waals surface area contributed by atoms with Crippen molar-refractivity contribution in [2.75, 3.05) is 13.2 Å². The molecule has 0 saturated carbocycles. The molecule has 0 bridgehead atoms. The highest BCUT2D eigenvalue weighted by Gasteiger charge is 2.16. The average Bonchev–Trinajstić information content (AvgIpc) is 3.16. The number of carbonyl (C=O) groups excluding carboxylic acids is 2. The topological polar surface area (TPSA) is 72.8 Å². The van der Waals surface area contributed by atoms with Gasteiger partial charge in [0.15, 0.2) is 6.10 Å². The number of hydrogen-bond donors (Lipinski definition) is 1. The van der Waals surface area contributed by atoms with Crippen molar-refractivity contribution in [1.29, 1.82) is 0 Å². The third-order valence-corrected chi connectivity index (χ3v) is 9.58. The Labute approximate surface area is 328 Å². The zero-order valence-corrected chi connectivity index (χ0v) is 34.8. The van der Waals surface area contributed by atoms with Gasteiger partial charge in [-0.1, -0.05) is 203 Å². The first-order chi connectivity index (χ1) is 26.1. The predicted octanol–water partition coefficient (Wildman–Crippen LogP) is 14.3. The maximum absolute atomic E-state index is 12.2. The molecule has 0 spiro atoms. The standard InChI is InChI=1S/C48H84O5/c1-3-5-7-9-11-13-15-17-19-21-23-24-25-27-29-31-33-35-37-39-41-43-48(51)53-46(44-49)45-52-47(50)42-40-38-36-34-32-30-28-26-22-20-18-16-14-12-10-8-6-4-2/h5,7,11,13,17,19,23-24,27,29,46,49H,3-4,6,8-10,12,14-16,18,20-22,25-26,28,30-45H2,1-2H3/b7-5-,13-11-,19-17-,24-23-,29-27-. The molecule has 0 radical (unpaired) electrons. The zero-order chi connectivity index (χ0) is 38.6. The lowest BCUT2D eigenvalue weighted by molar-refractivity contribution is -0.161. The second kappa shape index (κ2) is 44.0. The minimum Gasteiger partial charge on any atom is -0.462 e. The molecule has 1 N–H and O–H groups in total. The van der Waals surface area contributed by atoms with Crippen molar-refractivity contribution >= 4 is 11.9 Å². The number of aliphatic hydroxyl groups is 1. The van der Waals surface area contributed by atoms with Gasteiger partial charge < -0.3 is 14.6 Å². The fourth-order valence-electron chi connectivity index (χ4n) is 6.23. The lowest BCUT2D eigenvalue weighted by atomic mass is 10.0. The van der Waals surface area contributed by atoms with E-state index in [9.17, 15) is 14.7 Å². The largest absolute Gasteiger partial charge is 0.462 e.